The summed E-state index contributed by atoms with van der Waals surface area (Å²) in [7, 11) is 0. The van der Waals surface area contributed by atoms with Gasteiger partial charge in [-0.3, -0.25) is 0 Å². The summed E-state index contributed by atoms with van der Waals surface area (Å²) >= 11 is 0. The van der Waals surface area contributed by atoms with Crippen LogP contribution >= 0.6 is 0 Å². The summed E-state index contributed by atoms with van der Waals surface area (Å²) < 4.78 is 5.15. The van der Waals surface area contributed by atoms with E-state index in [9.17, 15) is 0 Å². The van der Waals surface area contributed by atoms with Gasteiger partial charge in [-0.05, 0) is 12.3 Å². The summed E-state index contributed by atoms with van der Waals surface area (Å²) in [6, 6.07) is 0. The van der Waals surface area contributed by atoms with E-state index in [-0.39, 0.29) is 0 Å². The standard InChI is InChI=1S/C6H12O.C2H6/c1-2-6-3-4-7-5-6;1-2/h6H,2-5H2,1H3;1-2H3. The molecular formula is C8H18O. The first-order chi connectivity index (χ1) is 4.43. The summed E-state index contributed by atoms with van der Waals surface area (Å²) in [6.07, 6.45) is 2.58. The summed E-state index contributed by atoms with van der Waals surface area (Å²) in [6.45, 7) is 8.23. The Morgan fingerprint density at radius 2 is 2.11 bits per heavy atom. The molecule has 0 spiro atoms. The van der Waals surface area contributed by atoms with Crippen LogP contribution < -0.4 is 0 Å². The molecule has 1 atom stereocenters. The Labute approximate surface area is 58.4 Å². The first kappa shape index (κ1) is 8.96. The molecule has 9 heavy (non-hydrogen) atoms. The molecule has 1 heterocycles. The van der Waals surface area contributed by atoms with Gasteiger partial charge in [-0.15, -0.1) is 0 Å². The second-order valence-corrected chi connectivity index (χ2v) is 2.14. The molecule has 0 aromatic carbocycles. The molecule has 0 radical (unpaired) electrons. The van der Waals surface area contributed by atoms with Crippen molar-refractivity contribution >= 4 is 0 Å². The van der Waals surface area contributed by atoms with Gasteiger partial charge in [0.25, 0.3) is 0 Å². The van der Waals surface area contributed by atoms with Crippen molar-refractivity contribution in [2.75, 3.05) is 13.2 Å². The lowest BCUT2D eigenvalue weighted by Crippen LogP contribution is -1.94. The third-order valence-electron chi connectivity index (χ3n) is 1.60. The fraction of sp³-hybridized carbons (Fsp3) is 1.00. The Hall–Kier alpha value is -0.0400. The van der Waals surface area contributed by atoms with Crippen molar-refractivity contribution in [3.05, 3.63) is 0 Å². The number of hydrogen-bond acceptors (Lipinski definition) is 1. The SMILES string of the molecule is CC.CCC1CCOC1. The van der Waals surface area contributed by atoms with Crippen molar-refractivity contribution in [3.63, 3.8) is 0 Å². The Morgan fingerprint density at radius 1 is 1.44 bits per heavy atom. The maximum Gasteiger partial charge on any atom is 0.0495 e. The van der Waals surface area contributed by atoms with Crippen LogP contribution in [-0.4, -0.2) is 13.2 Å². The van der Waals surface area contributed by atoms with E-state index in [0.717, 1.165) is 19.1 Å². The van der Waals surface area contributed by atoms with Crippen LogP contribution in [0.5, 0.6) is 0 Å². The first-order valence-electron chi connectivity index (χ1n) is 4.01. The summed E-state index contributed by atoms with van der Waals surface area (Å²) in [4.78, 5) is 0. The van der Waals surface area contributed by atoms with Crippen molar-refractivity contribution < 1.29 is 4.74 Å². The molecule has 1 unspecified atom stereocenters. The molecule has 1 heteroatoms. The van der Waals surface area contributed by atoms with Gasteiger partial charge in [0.15, 0.2) is 0 Å². The summed E-state index contributed by atoms with van der Waals surface area (Å²) in [5.74, 6) is 0.875. The lowest BCUT2D eigenvalue weighted by atomic mass is 10.1. The molecule has 1 rings (SSSR count). The molecule has 0 aromatic heterocycles. The highest BCUT2D eigenvalue weighted by Crippen LogP contribution is 2.14. The van der Waals surface area contributed by atoms with Crippen molar-refractivity contribution in [2.45, 2.75) is 33.6 Å². The fourth-order valence-electron chi connectivity index (χ4n) is 0.905. The van der Waals surface area contributed by atoms with Crippen LogP contribution in [0.25, 0.3) is 0 Å². The van der Waals surface area contributed by atoms with Gasteiger partial charge in [0, 0.05) is 13.2 Å². The normalized spacial score (nSPS) is 25.0. The monoisotopic (exact) mass is 130 g/mol. The van der Waals surface area contributed by atoms with Gasteiger partial charge in [0.05, 0.1) is 0 Å². The van der Waals surface area contributed by atoms with Gasteiger partial charge in [0.2, 0.25) is 0 Å². The Morgan fingerprint density at radius 3 is 2.33 bits per heavy atom. The number of ether oxygens (including phenoxy) is 1. The number of hydrogen-bond donors (Lipinski definition) is 0. The van der Waals surface area contributed by atoms with E-state index in [0.29, 0.717) is 0 Å². The van der Waals surface area contributed by atoms with Crippen LogP contribution in [0.1, 0.15) is 33.6 Å². The van der Waals surface area contributed by atoms with Crippen molar-refractivity contribution in [1.29, 1.82) is 0 Å². The zero-order chi connectivity index (χ0) is 7.11. The quantitative estimate of drug-likeness (QED) is 0.530. The van der Waals surface area contributed by atoms with E-state index < -0.39 is 0 Å². The maximum atomic E-state index is 5.15. The molecule has 0 bridgehead atoms. The van der Waals surface area contributed by atoms with Crippen molar-refractivity contribution in [1.82, 2.24) is 0 Å². The van der Waals surface area contributed by atoms with E-state index in [4.69, 9.17) is 4.74 Å². The molecule has 1 saturated heterocycles. The third-order valence-corrected chi connectivity index (χ3v) is 1.60. The molecule has 1 fully saturated rings. The van der Waals surface area contributed by atoms with Crippen molar-refractivity contribution in [2.24, 2.45) is 5.92 Å². The van der Waals surface area contributed by atoms with Crippen LogP contribution in [0.4, 0.5) is 0 Å². The predicted molar refractivity (Wildman–Crippen MR) is 40.6 cm³/mol. The van der Waals surface area contributed by atoms with Crippen LogP contribution in [0.3, 0.4) is 0 Å². The van der Waals surface area contributed by atoms with E-state index in [1.165, 1.54) is 12.8 Å². The fourth-order valence-corrected chi connectivity index (χ4v) is 0.905. The second kappa shape index (κ2) is 6.09. The van der Waals surface area contributed by atoms with E-state index >= 15 is 0 Å². The Kier molecular flexibility index (Phi) is 6.06. The molecule has 1 aliphatic rings. The molecule has 56 valence electrons. The zero-order valence-electron chi connectivity index (χ0n) is 6.81. The van der Waals surface area contributed by atoms with Gasteiger partial charge in [-0.25, -0.2) is 0 Å². The zero-order valence-corrected chi connectivity index (χ0v) is 6.81. The van der Waals surface area contributed by atoms with Crippen LogP contribution in [0.2, 0.25) is 0 Å². The molecule has 1 aliphatic heterocycles. The van der Waals surface area contributed by atoms with Crippen molar-refractivity contribution in [3.8, 4) is 0 Å². The molecule has 0 aliphatic carbocycles. The Balaban J connectivity index is 0.000000291. The summed E-state index contributed by atoms with van der Waals surface area (Å²) in [5, 5.41) is 0. The number of rotatable bonds is 1. The van der Waals surface area contributed by atoms with Gasteiger partial charge in [-0.1, -0.05) is 27.2 Å². The molecule has 0 amide bonds. The highest BCUT2D eigenvalue weighted by molar-refractivity contribution is 4.60. The predicted octanol–water partition coefficient (Wildman–Crippen LogP) is 2.46. The second-order valence-electron chi connectivity index (χ2n) is 2.14. The van der Waals surface area contributed by atoms with E-state index in [1.54, 1.807) is 0 Å². The van der Waals surface area contributed by atoms with E-state index in [1.807, 2.05) is 13.8 Å². The highest BCUT2D eigenvalue weighted by atomic mass is 16.5. The molecule has 1 nitrogen and oxygen atoms in total. The molecular weight excluding hydrogens is 112 g/mol. The topological polar surface area (TPSA) is 9.23 Å². The van der Waals surface area contributed by atoms with Gasteiger partial charge in [0.1, 0.15) is 0 Å². The average Bonchev–Trinajstić information content (AvgIpc) is 2.43. The first-order valence-corrected chi connectivity index (χ1v) is 4.01. The smallest absolute Gasteiger partial charge is 0.0495 e. The third kappa shape index (κ3) is 3.52. The van der Waals surface area contributed by atoms with Crippen LogP contribution in [0.15, 0.2) is 0 Å². The van der Waals surface area contributed by atoms with E-state index in [2.05, 4.69) is 6.92 Å². The Bertz CT molecular complexity index is 46.5. The van der Waals surface area contributed by atoms with Gasteiger partial charge < -0.3 is 4.74 Å². The van der Waals surface area contributed by atoms with Gasteiger partial charge >= 0.3 is 0 Å². The maximum absolute atomic E-state index is 5.15. The van der Waals surface area contributed by atoms with Crippen LogP contribution in [-0.2, 0) is 4.74 Å². The minimum Gasteiger partial charge on any atom is -0.381 e. The largest absolute Gasteiger partial charge is 0.381 e. The minimum absolute atomic E-state index is 0.875. The molecule has 0 aromatic rings. The lowest BCUT2D eigenvalue weighted by molar-refractivity contribution is 0.185. The summed E-state index contributed by atoms with van der Waals surface area (Å²) in [5.41, 5.74) is 0. The van der Waals surface area contributed by atoms with Crippen LogP contribution in [0, 0.1) is 5.92 Å². The molecule has 0 saturated carbocycles. The molecule has 0 N–H and O–H groups in total. The lowest BCUT2D eigenvalue weighted by Gasteiger charge is -1.97. The average molecular weight is 130 g/mol. The highest BCUT2D eigenvalue weighted by Gasteiger charge is 2.11. The minimum atomic E-state index is 0.875. The van der Waals surface area contributed by atoms with Gasteiger partial charge in [-0.2, -0.15) is 0 Å².